The zero-order chi connectivity index (χ0) is 15.7. The number of carbonyl (C=O) groups excluding carboxylic acids is 1. The van der Waals surface area contributed by atoms with Crippen LogP contribution in [-0.4, -0.2) is 39.2 Å². The van der Waals surface area contributed by atoms with Gasteiger partial charge in [-0.1, -0.05) is 32.9 Å². The third kappa shape index (κ3) is 4.49. The first-order valence-corrected chi connectivity index (χ1v) is 6.99. The summed E-state index contributed by atoms with van der Waals surface area (Å²) in [6.45, 7) is 11.1. The number of aliphatic hydroxyl groups excluding tert-OH is 1. The number of rotatable bonds is 2. The fraction of sp³-hybridized carbons (Fsp3) is 0.800. The van der Waals surface area contributed by atoms with Crippen LogP contribution in [0, 0.1) is 11.3 Å². The van der Waals surface area contributed by atoms with Crippen LogP contribution in [0.25, 0.3) is 0 Å². The highest BCUT2D eigenvalue weighted by molar-refractivity contribution is 5.67. The van der Waals surface area contributed by atoms with Crippen LogP contribution in [0.15, 0.2) is 12.2 Å². The summed E-state index contributed by atoms with van der Waals surface area (Å²) in [5.41, 5.74) is -0.888. The fourth-order valence-electron chi connectivity index (χ4n) is 2.21. The minimum atomic E-state index is -0.766. The standard InChI is InChI=1S/C15H27NO4/c1-14(2,3)12(17)10-7-8-11(9-10)16(19)13(18)20-15(4,5)6/h7-8,10-12,17,19H,9H2,1-6H3/t10-,11+,12?/m1/s1. The second-order valence-corrected chi connectivity index (χ2v) is 7.49. The molecule has 5 nitrogen and oxygen atoms in total. The van der Waals surface area contributed by atoms with Gasteiger partial charge < -0.3 is 9.84 Å². The molecule has 5 heteroatoms. The van der Waals surface area contributed by atoms with E-state index in [-0.39, 0.29) is 11.3 Å². The normalized spacial score (nSPS) is 24.6. The van der Waals surface area contributed by atoms with E-state index in [9.17, 15) is 15.1 Å². The zero-order valence-electron chi connectivity index (χ0n) is 13.3. The Labute approximate surface area is 121 Å². The highest BCUT2D eigenvalue weighted by Crippen LogP contribution is 2.33. The van der Waals surface area contributed by atoms with Gasteiger partial charge in [0.05, 0.1) is 12.1 Å². The maximum Gasteiger partial charge on any atom is 0.434 e. The molecule has 0 radical (unpaired) electrons. The van der Waals surface area contributed by atoms with Crippen LogP contribution >= 0.6 is 0 Å². The van der Waals surface area contributed by atoms with Crippen LogP contribution in [0.2, 0.25) is 0 Å². The molecule has 3 atom stereocenters. The average Bonchev–Trinajstić information content (AvgIpc) is 2.72. The Bertz CT molecular complexity index is 378. The predicted molar refractivity (Wildman–Crippen MR) is 76.4 cm³/mol. The molecule has 1 amide bonds. The lowest BCUT2D eigenvalue weighted by atomic mass is 9.81. The molecular formula is C15H27NO4. The molecule has 0 saturated carbocycles. The summed E-state index contributed by atoms with van der Waals surface area (Å²) in [4.78, 5) is 11.8. The summed E-state index contributed by atoms with van der Waals surface area (Å²) in [7, 11) is 0. The van der Waals surface area contributed by atoms with Crippen LogP contribution in [0.5, 0.6) is 0 Å². The lowest BCUT2D eigenvalue weighted by Gasteiger charge is -2.31. The van der Waals surface area contributed by atoms with E-state index in [0.717, 1.165) is 0 Å². The van der Waals surface area contributed by atoms with Gasteiger partial charge in [-0.05, 0) is 32.6 Å². The number of aliphatic hydroxyl groups is 1. The maximum absolute atomic E-state index is 11.8. The molecule has 0 heterocycles. The number of hydrogen-bond donors (Lipinski definition) is 2. The van der Waals surface area contributed by atoms with Crippen molar-refractivity contribution in [1.82, 2.24) is 5.06 Å². The Morgan fingerprint density at radius 1 is 1.25 bits per heavy atom. The highest BCUT2D eigenvalue weighted by atomic mass is 16.6. The van der Waals surface area contributed by atoms with Crippen molar-refractivity contribution >= 4 is 6.09 Å². The number of ether oxygens (including phenoxy) is 1. The van der Waals surface area contributed by atoms with E-state index >= 15 is 0 Å². The molecule has 20 heavy (non-hydrogen) atoms. The van der Waals surface area contributed by atoms with Gasteiger partial charge in [0.1, 0.15) is 5.60 Å². The van der Waals surface area contributed by atoms with Gasteiger partial charge >= 0.3 is 6.09 Å². The molecule has 1 aliphatic carbocycles. The van der Waals surface area contributed by atoms with Crippen LogP contribution in [-0.2, 0) is 4.74 Å². The second kappa shape index (κ2) is 5.74. The molecule has 0 aromatic rings. The van der Waals surface area contributed by atoms with E-state index in [2.05, 4.69) is 0 Å². The minimum Gasteiger partial charge on any atom is -0.442 e. The molecule has 0 aromatic carbocycles. The van der Waals surface area contributed by atoms with Crippen molar-refractivity contribution < 1.29 is 19.8 Å². The van der Waals surface area contributed by atoms with E-state index in [1.54, 1.807) is 26.8 Å². The lowest BCUT2D eigenvalue weighted by Crippen LogP contribution is -2.41. The van der Waals surface area contributed by atoms with Crippen LogP contribution in [0.4, 0.5) is 4.79 Å². The highest BCUT2D eigenvalue weighted by Gasteiger charge is 2.36. The van der Waals surface area contributed by atoms with Crippen LogP contribution in [0.3, 0.4) is 0 Å². The van der Waals surface area contributed by atoms with Gasteiger partial charge in [0.25, 0.3) is 0 Å². The average molecular weight is 285 g/mol. The second-order valence-electron chi connectivity index (χ2n) is 7.49. The van der Waals surface area contributed by atoms with Crippen molar-refractivity contribution in [2.45, 2.75) is 65.7 Å². The number of hydroxylamine groups is 2. The van der Waals surface area contributed by atoms with Crippen molar-refractivity contribution in [1.29, 1.82) is 0 Å². The Kier molecular flexibility index (Phi) is 4.87. The monoisotopic (exact) mass is 285 g/mol. The molecule has 116 valence electrons. The Morgan fingerprint density at radius 3 is 2.25 bits per heavy atom. The van der Waals surface area contributed by atoms with Gasteiger partial charge in [-0.25, -0.2) is 4.79 Å². The lowest BCUT2D eigenvalue weighted by molar-refractivity contribution is -0.113. The van der Waals surface area contributed by atoms with Gasteiger partial charge in [0, 0.05) is 5.92 Å². The molecule has 0 aromatic heterocycles. The molecule has 1 unspecified atom stereocenters. The van der Waals surface area contributed by atoms with Gasteiger partial charge in [-0.15, -0.1) is 0 Å². The summed E-state index contributed by atoms with van der Waals surface area (Å²) in [6.07, 6.45) is 2.81. The van der Waals surface area contributed by atoms with E-state index in [1.807, 2.05) is 26.8 Å². The molecule has 2 N–H and O–H groups in total. The number of carbonyl (C=O) groups is 1. The largest absolute Gasteiger partial charge is 0.442 e. The summed E-state index contributed by atoms with van der Waals surface area (Å²) < 4.78 is 5.12. The summed E-state index contributed by atoms with van der Waals surface area (Å²) in [6, 6.07) is -0.452. The molecule has 1 rings (SSSR count). The van der Waals surface area contributed by atoms with Crippen molar-refractivity contribution in [3.63, 3.8) is 0 Å². The van der Waals surface area contributed by atoms with E-state index in [1.165, 1.54) is 0 Å². The first-order chi connectivity index (χ1) is 8.92. The summed E-state index contributed by atoms with van der Waals surface area (Å²) >= 11 is 0. The van der Waals surface area contributed by atoms with E-state index in [0.29, 0.717) is 11.5 Å². The van der Waals surface area contributed by atoms with Crippen molar-refractivity contribution in [2.75, 3.05) is 0 Å². The molecule has 0 aliphatic heterocycles. The fourth-order valence-corrected chi connectivity index (χ4v) is 2.21. The van der Waals surface area contributed by atoms with Gasteiger partial charge in [-0.2, -0.15) is 5.06 Å². The van der Waals surface area contributed by atoms with E-state index < -0.39 is 23.8 Å². The molecule has 1 aliphatic rings. The van der Waals surface area contributed by atoms with Gasteiger partial charge in [0.15, 0.2) is 0 Å². The molecular weight excluding hydrogens is 258 g/mol. The van der Waals surface area contributed by atoms with Crippen LogP contribution < -0.4 is 0 Å². The number of amides is 1. The maximum atomic E-state index is 11.8. The third-order valence-electron chi connectivity index (χ3n) is 3.28. The quantitative estimate of drug-likeness (QED) is 0.465. The molecule has 0 spiro atoms. The van der Waals surface area contributed by atoms with Crippen LogP contribution in [0.1, 0.15) is 48.0 Å². The Morgan fingerprint density at radius 2 is 1.80 bits per heavy atom. The zero-order valence-corrected chi connectivity index (χ0v) is 13.3. The first kappa shape index (κ1) is 17.0. The number of nitrogens with zero attached hydrogens (tertiary/aromatic N) is 1. The Hall–Kier alpha value is -1.07. The number of hydrogen-bond acceptors (Lipinski definition) is 4. The van der Waals surface area contributed by atoms with Gasteiger partial charge in [-0.3, -0.25) is 5.21 Å². The predicted octanol–water partition coefficient (Wildman–Crippen LogP) is 2.96. The van der Waals surface area contributed by atoms with Crippen molar-refractivity contribution in [3.05, 3.63) is 12.2 Å². The topological polar surface area (TPSA) is 70.0 Å². The summed E-state index contributed by atoms with van der Waals surface area (Å²) in [5.74, 6) is -0.0721. The minimum absolute atomic E-state index is 0.0721. The smallest absolute Gasteiger partial charge is 0.434 e. The summed E-state index contributed by atoms with van der Waals surface area (Å²) in [5, 5.41) is 20.8. The SMILES string of the molecule is CC(C)(C)OC(=O)N(O)[C@H]1C=C[C@@H](C(O)C(C)(C)C)C1. The van der Waals surface area contributed by atoms with E-state index in [4.69, 9.17) is 4.74 Å². The Balaban J connectivity index is 2.61. The molecule has 0 bridgehead atoms. The van der Waals surface area contributed by atoms with Crippen molar-refractivity contribution in [2.24, 2.45) is 11.3 Å². The first-order valence-electron chi connectivity index (χ1n) is 6.99. The van der Waals surface area contributed by atoms with Gasteiger partial charge in [0.2, 0.25) is 0 Å². The third-order valence-corrected chi connectivity index (χ3v) is 3.28. The molecule has 0 saturated heterocycles. The van der Waals surface area contributed by atoms with Crippen molar-refractivity contribution in [3.8, 4) is 0 Å². The molecule has 0 fully saturated rings.